The number of hydrogen-bond donors (Lipinski definition) is 2. The predicted molar refractivity (Wildman–Crippen MR) is 78.0 cm³/mol. The Morgan fingerprint density at radius 3 is 2.95 bits per heavy atom. The lowest BCUT2D eigenvalue weighted by Crippen LogP contribution is -2.02. The molecule has 0 saturated heterocycles. The highest BCUT2D eigenvalue weighted by atomic mass is 16.5. The summed E-state index contributed by atoms with van der Waals surface area (Å²) in [7, 11) is 1.54. The van der Waals surface area contributed by atoms with Crippen LogP contribution in [0.15, 0.2) is 42.7 Å². The van der Waals surface area contributed by atoms with Crippen LogP contribution >= 0.6 is 0 Å². The van der Waals surface area contributed by atoms with Crippen molar-refractivity contribution >= 4 is 28.2 Å². The first-order valence-corrected chi connectivity index (χ1v) is 6.04. The van der Waals surface area contributed by atoms with E-state index in [0.717, 1.165) is 16.5 Å². The molecule has 0 amide bonds. The van der Waals surface area contributed by atoms with Crippen LogP contribution in [0.3, 0.4) is 0 Å². The highest BCUT2D eigenvalue weighted by Gasteiger charge is 2.05. The van der Waals surface area contributed by atoms with Gasteiger partial charge < -0.3 is 15.8 Å². The van der Waals surface area contributed by atoms with Gasteiger partial charge in [0.05, 0.1) is 7.11 Å². The molecule has 0 fully saturated rings. The Bertz CT molecular complexity index is 754. The minimum Gasteiger partial charge on any atom is -0.481 e. The van der Waals surface area contributed by atoms with Gasteiger partial charge in [-0.3, -0.25) is 4.98 Å². The van der Waals surface area contributed by atoms with E-state index in [2.05, 4.69) is 20.3 Å². The quantitative estimate of drug-likeness (QED) is 0.757. The Morgan fingerprint density at radius 2 is 2.10 bits per heavy atom. The zero-order valence-corrected chi connectivity index (χ0v) is 10.9. The zero-order chi connectivity index (χ0) is 13.9. The molecular formula is C14H13N5O. The number of fused-ring (bicyclic) bond motifs is 1. The second kappa shape index (κ2) is 5.00. The smallest absolute Gasteiger partial charge is 0.225 e. The molecule has 0 atom stereocenters. The minimum absolute atomic E-state index is 0.158. The molecule has 3 N–H and O–H groups in total. The largest absolute Gasteiger partial charge is 0.481 e. The number of rotatable bonds is 3. The Balaban J connectivity index is 2.03. The summed E-state index contributed by atoms with van der Waals surface area (Å²) in [5.41, 5.74) is 6.55. The van der Waals surface area contributed by atoms with Crippen LogP contribution < -0.4 is 15.8 Å². The molecule has 0 bridgehead atoms. The average Bonchev–Trinajstić information content (AvgIpc) is 2.47. The van der Waals surface area contributed by atoms with Crippen molar-refractivity contribution in [2.45, 2.75) is 0 Å². The van der Waals surface area contributed by atoms with Gasteiger partial charge >= 0.3 is 0 Å². The molecule has 2 aromatic heterocycles. The number of nitrogens with one attached hydrogen (secondary N) is 1. The number of methoxy groups -OCH3 is 1. The summed E-state index contributed by atoms with van der Waals surface area (Å²) in [5.74, 6) is 1.15. The Morgan fingerprint density at radius 1 is 1.20 bits per heavy atom. The number of anilines is 3. The van der Waals surface area contributed by atoms with Crippen LogP contribution in [0, 0.1) is 0 Å². The van der Waals surface area contributed by atoms with E-state index >= 15 is 0 Å². The van der Waals surface area contributed by atoms with E-state index in [-0.39, 0.29) is 5.95 Å². The molecule has 0 aliphatic carbocycles. The van der Waals surface area contributed by atoms with Crippen molar-refractivity contribution in [3.8, 4) is 5.88 Å². The number of hydrogen-bond acceptors (Lipinski definition) is 6. The molecule has 0 radical (unpaired) electrons. The van der Waals surface area contributed by atoms with Crippen LogP contribution in [0.2, 0.25) is 0 Å². The molecule has 0 saturated carbocycles. The van der Waals surface area contributed by atoms with E-state index in [1.165, 1.54) is 7.11 Å². The van der Waals surface area contributed by atoms with E-state index in [0.29, 0.717) is 11.7 Å². The second-order valence-electron chi connectivity index (χ2n) is 4.18. The summed E-state index contributed by atoms with van der Waals surface area (Å²) in [6.45, 7) is 0. The normalized spacial score (nSPS) is 10.4. The fraction of sp³-hybridized carbons (Fsp3) is 0.0714. The highest BCUT2D eigenvalue weighted by Crippen LogP contribution is 2.26. The first-order valence-electron chi connectivity index (χ1n) is 6.04. The second-order valence-corrected chi connectivity index (χ2v) is 4.18. The van der Waals surface area contributed by atoms with Crippen LogP contribution in [0.25, 0.3) is 10.8 Å². The van der Waals surface area contributed by atoms with Gasteiger partial charge in [-0.05, 0) is 17.5 Å². The van der Waals surface area contributed by atoms with E-state index in [4.69, 9.17) is 10.5 Å². The van der Waals surface area contributed by atoms with Gasteiger partial charge in [0.15, 0.2) is 0 Å². The van der Waals surface area contributed by atoms with E-state index in [9.17, 15) is 0 Å². The lowest BCUT2D eigenvalue weighted by atomic mass is 10.1. The van der Waals surface area contributed by atoms with Crippen molar-refractivity contribution in [1.82, 2.24) is 15.0 Å². The van der Waals surface area contributed by atoms with Gasteiger partial charge in [0, 0.05) is 29.5 Å². The molecule has 6 nitrogen and oxygen atoms in total. The lowest BCUT2D eigenvalue weighted by molar-refractivity contribution is 0.398. The number of benzene rings is 1. The number of ether oxygens (including phenoxy) is 1. The number of nitrogens with two attached hydrogens (primary N) is 1. The molecule has 6 heteroatoms. The third kappa shape index (κ3) is 2.31. The van der Waals surface area contributed by atoms with Crippen LogP contribution in [-0.2, 0) is 0 Å². The van der Waals surface area contributed by atoms with Crippen molar-refractivity contribution in [3.63, 3.8) is 0 Å². The molecule has 3 aromatic rings. The zero-order valence-electron chi connectivity index (χ0n) is 10.9. The molecule has 100 valence electrons. The highest BCUT2D eigenvalue weighted by molar-refractivity contribution is 5.94. The standard InChI is InChI=1S/C14H13N5O/c1-20-13-7-12(18-14(15)19-13)17-11-4-2-3-9-5-6-16-8-10(9)11/h2-8H,1H3,(H3,15,17,18,19). The van der Waals surface area contributed by atoms with Gasteiger partial charge in [-0.15, -0.1) is 0 Å². The molecule has 0 unspecified atom stereocenters. The fourth-order valence-corrected chi connectivity index (χ4v) is 1.97. The van der Waals surface area contributed by atoms with E-state index in [1.807, 2.05) is 24.3 Å². The Hall–Kier alpha value is -2.89. The van der Waals surface area contributed by atoms with Crippen LogP contribution in [0.5, 0.6) is 5.88 Å². The summed E-state index contributed by atoms with van der Waals surface area (Å²) in [6, 6.07) is 9.58. The maximum absolute atomic E-state index is 5.65. The van der Waals surface area contributed by atoms with Gasteiger partial charge in [0.25, 0.3) is 0 Å². The SMILES string of the molecule is COc1cc(Nc2cccc3ccncc23)nc(N)n1. The summed E-state index contributed by atoms with van der Waals surface area (Å²) in [5, 5.41) is 5.31. The molecular weight excluding hydrogens is 254 g/mol. The third-order valence-electron chi connectivity index (χ3n) is 2.88. The van der Waals surface area contributed by atoms with Crippen molar-refractivity contribution < 1.29 is 4.74 Å². The van der Waals surface area contributed by atoms with Gasteiger partial charge in [0.2, 0.25) is 11.8 Å². The number of pyridine rings is 1. The summed E-state index contributed by atoms with van der Waals surface area (Å²) in [4.78, 5) is 12.2. The summed E-state index contributed by atoms with van der Waals surface area (Å²) < 4.78 is 5.08. The topological polar surface area (TPSA) is 86.0 Å². The van der Waals surface area contributed by atoms with Crippen molar-refractivity contribution in [3.05, 3.63) is 42.7 Å². The first kappa shape index (κ1) is 12.2. The lowest BCUT2D eigenvalue weighted by Gasteiger charge is -2.10. The first-order chi connectivity index (χ1) is 9.76. The predicted octanol–water partition coefficient (Wildman–Crippen LogP) is 2.36. The van der Waals surface area contributed by atoms with Crippen LogP contribution in [0.4, 0.5) is 17.5 Å². The fourth-order valence-electron chi connectivity index (χ4n) is 1.97. The minimum atomic E-state index is 0.158. The molecule has 1 aromatic carbocycles. The maximum atomic E-state index is 5.65. The third-order valence-corrected chi connectivity index (χ3v) is 2.88. The van der Waals surface area contributed by atoms with Gasteiger partial charge in [-0.1, -0.05) is 12.1 Å². The molecule has 2 heterocycles. The van der Waals surface area contributed by atoms with Gasteiger partial charge in [0.1, 0.15) is 5.82 Å². The van der Waals surface area contributed by atoms with E-state index < -0.39 is 0 Å². The average molecular weight is 267 g/mol. The Kier molecular flexibility index (Phi) is 3.04. The van der Waals surface area contributed by atoms with Crippen molar-refractivity contribution in [1.29, 1.82) is 0 Å². The van der Waals surface area contributed by atoms with Crippen molar-refractivity contribution in [2.24, 2.45) is 0 Å². The number of nitrogen functional groups attached to an aromatic ring is 1. The van der Waals surface area contributed by atoms with Crippen LogP contribution in [-0.4, -0.2) is 22.1 Å². The van der Waals surface area contributed by atoms with Crippen LogP contribution in [0.1, 0.15) is 0 Å². The molecule has 0 spiro atoms. The molecule has 20 heavy (non-hydrogen) atoms. The summed E-state index contributed by atoms with van der Waals surface area (Å²) >= 11 is 0. The Labute approximate surface area is 115 Å². The van der Waals surface area contributed by atoms with Crippen molar-refractivity contribution in [2.75, 3.05) is 18.2 Å². The van der Waals surface area contributed by atoms with Gasteiger partial charge in [-0.2, -0.15) is 9.97 Å². The molecule has 0 aliphatic rings. The monoisotopic (exact) mass is 267 g/mol. The number of aromatic nitrogens is 3. The van der Waals surface area contributed by atoms with E-state index in [1.54, 1.807) is 18.5 Å². The molecule has 3 rings (SSSR count). The molecule has 0 aliphatic heterocycles. The maximum Gasteiger partial charge on any atom is 0.225 e. The number of nitrogens with zero attached hydrogens (tertiary/aromatic N) is 3. The summed E-state index contributed by atoms with van der Waals surface area (Å²) in [6.07, 6.45) is 3.57. The van der Waals surface area contributed by atoms with Gasteiger partial charge in [-0.25, -0.2) is 0 Å².